The fourth-order valence-electron chi connectivity index (χ4n) is 9.47. The molecule has 0 radical (unpaired) electrons. The van der Waals surface area contributed by atoms with Crippen molar-refractivity contribution in [3.63, 3.8) is 0 Å². The normalized spacial score (nSPS) is 12.9. The first-order valence-corrected chi connectivity index (χ1v) is 19.8. The predicted molar refractivity (Wildman–Crippen MR) is 239 cm³/mol. The molecule has 1 aliphatic rings. The Morgan fingerprint density at radius 1 is 0.351 bits per heavy atom. The third kappa shape index (κ3) is 5.25. The number of hydrogen-bond donors (Lipinski definition) is 0. The first kappa shape index (κ1) is 33.2. The SMILES string of the molecule is CC1(C)c2ccc3ccccc3c2-c2cccc(-c3ccc(-c4nc(-c5ccccc5)cc(-c5ccccc5-c5cccc6ccccc56)n4)c4ccccc34)c21. The van der Waals surface area contributed by atoms with Gasteiger partial charge in [0.2, 0.25) is 0 Å². The van der Waals surface area contributed by atoms with E-state index in [4.69, 9.17) is 9.97 Å². The second-order valence-corrected chi connectivity index (χ2v) is 15.7. The van der Waals surface area contributed by atoms with Gasteiger partial charge in [-0.25, -0.2) is 9.97 Å². The Bertz CT molecular complexity index is 3210. The maximum absolute atomic E-state index is 5.44. The lowest BCUT2D eigenvalue weighted by molar-refractivity contribution is 0.662. The zero-order chi connectivity index (χ0) is 38.1. The van der Waals surface area contributed by atoms with Crippen LogP contribution in [0.3, 0.4) is 0 Å². The number of hydrogen-bond acceptors (Lipinski definition) is 2. The van der Waals surface area contributed by atoms with E-state index in [2.05, 4.69) is 208 Å². The second-order valence-electron chi connectivity index (χ2n) is 15.7. The molecule has 57 heavy (non-hydrogen) atoms. The number of aromatic nitrogens is 2. The Kier molecular flexibility index (Phi) is 7.55. The van der Waals surface area contributed by atoms with E-state index in [0.717, 1.165) is 39.0 Å². The fourth-order valence-corrected chi connectivity index (χ4v) is 9.47. The third-order valence-corrected chi connectivity index (χ3v) is 12.1. The van der Waals surface area contributed by atoms with E-state index >= 15 is 0 Å². The summed E-state index contributed by atoms with van der Waals surface area (Å²) in [5.41, 5.74) is 15.0. The Labute approximate surface area is 332 Å². The maximum atomic E-state index is 5.44. The van der Waals surface area contributed by atoms with Gasteiger partial charge in [-0.2, -0.15) is 0 Å². The van der Waals surface area contributed by atoms with E-state index in [1.807, 2.05) is 0 Å². The smallest absolute Gasteiger partial charge is 0.161 e. The van der Waals surface area contributed by atoms with E-state index < -0.39 is 0 Å². The van der Waals surface area contributed by atoms with Crippen LogP contribution < -0.4 is 0 Å². The summed E-state index contributed by atoms with van der Waals surface area (Å²) in [5.74, 6) is 0.708. The van der Waals surface area contributed by atoms with E-state index in [1.54, 1.807) is 0 Å². The van der Waals surface area contributed by atoms with Crippen LogP contribution in [0, 0.1) is 0 Å². The highest BCUT2D eigenvalue weighted by Crippen LogP contribution is 2.55. The minimum Gasteiger partial charge on any atom is -0.228 e. The third-order valence-electron chi connectivity index (χ3n) is 12.1. The van der Waals surface area contributed by atoms with Crippen molar-refractivity contribution < 1.29 is 0 Å². The molecule has 10 aromatic rings. The van der Waals surface area contributed by atoms with Crippen LogP contribution >= 0.6 is 0 Å². The largest absolute Gasteiger partial charge is 0.228 e. The van der Waals surface area contributed by atoms with Crippen molar-refractivity contribution in [2.24, 2.45) is 0 Å². The average Bonchev–Trinajstić information content (AvgIpc) is 3.52. The minimum atomic E-state index is -0.176. The highest BCUT2D eigenvalue weighted by Gasteiger charge is 2.38. The molecule has 1 aliphatic carbocycles. The Hall–Kier alpha value is -7.16. The molecule has 1 aromatic heterocycles. The van der Waals surface area contributed by atoms with Crippen molar-refractivity contribution >= 4 is 32.3 Å². The van der Waals surface area contributed by atoms with Gasteiger partial charge in [0, 0.05) is 22.1 Å². The van der Waals surface area contributed by atoms with Gasteiger partial charge in [0.15, 0.2) is 5.82 Å². The molecular weight excluding hydrogens is 689 g/mol. The van der Waals surface area contributed by atoms with Crippen molar-refractivity contribution in [1.29, 1.82) is 0 Å². The van der Waals surface area contributed by atoms with Gasteiger partial charge in [-0.05, 0) is 89.0 Å². The molecule has 9 aromatic carbocycles. The summed E-state index contributed by atoms with van der Waals surface area (Å²) in [5, 5.41) is 7.34. The molecule has 0 saturated carbocycles. The predicted octanol–water partition coefficient (Wildman–Crippen LogP) is 14.6. The quantitative estimate of drug-likeness (QED) is 0.176. The summed E-state index contributed by atoms with van der Waals surface area (Å²) < 4.78 is 0. The van der Waals surface area contributed by atoms with Crippen LogP contribution in [-0.2, 0) is 5.41 Å². The summed E-state index contributed by atoms with van der Waals surface area (Å²) in [6.07, 6.45) is 0. The van der Waals surface area contributed by atoms with E-state index in [1.165, 1.54) is 65.9 Å². The molecule has 0 unspecified atom stereocenters. The first-order chi connectivity index (χ1) is 28.0. The van der Waals surface area contributed by atoms with Crippen molar-refractivity contribution in [1.82, 2.24) is 9.97 Å². The van der Waals surface area contributed by atoms with Crippen LogP contribution in [0.2, 0.25) is 0 Å². The van der Waals surface area contributed by atoms with Gasteiger partial charge in [-0.3, -0.25) is 0 Å². The van der Waals surface area contributed by atoms with Gasteiger partial charge in [0.25, 0.3) is 0 Å². The van der Waals surface area contributed by atoms with E-state index in [9.17, 15) is 0 Å². The molecule has 2 nitrogen and oxygen atoms in total. The zero-order valence-electron chi connectivity index (χ0n) is 31.9. The summed E-state index contributed by atoms with van der Waals surface area (Å²) in [6, 6.07) is 70.0. The van der Waals surface area contributed by atoms with E-state index in [-0.39, 0.29) is 5.41 Å². The standard InChI is InChI=1S/C55H38N2/c1-55(2)49-33-30-36-17-7-9-22-39(36)52(49)48-29-15-28-46(53(48)55)44-31-32-47(43-25-11-10-23-41(43)44)54-56-50(37-18-4-3-5-19-37)34-51(57-54)45-26-13-12-24-42(45)40-27-14-20-35-16-6-8-21-38(35)40/h3-34H,1-2H3. The molecule has 11 rings (SSSR count). The molecule has 0 atom stereocenters. The van der Waals surface area contributed by atoms with Gasteiger partial charge in [-0.1, -0.05) is 196 Å². The Balaban J connectivity index is 1.12. The van der Waals surface area contributed by atoms with Gasteiger partial charge >= 0.3 is 0 Å². The number of fused-ring (bicyclic) bond motifs is 7. The molecule has 1 heterocycles. The second kappa shape index (κ2) is 13.0. The average molecular weight is 727 g/mol. The van der Waals surface area contributed by atoms with Crippen LogP contribution in [0.5, 0.6) is 0 Å². The molecule has 0 spiro atoms. The molecule has 0 saturated heterocycles. The highest BCUT2D eigenvalue weighted by atomic mass is 14.9. The van der Waals surface area contributed by atoms with Crippen LogP contribution in [0.4, 0.5) is 0 Å². The molecular formula is C55H38N2. The number of rotatable bonds is 5. The first-order valence-electron chi connectivity index (χ1n) is 19.8. The van der Waals surface area contributed by atoms with E-state index in [0.29, 0.717) is 5.82 Å². The fraction of sp³-hybridized carbons (Fsp3) is 0.0545. The maximum Gasteiger partial charge on any atom is 0.161 e. The topological polar surface area (TPSA) is 25.8 Å². The van der Waals surface area contributed by atoms with Crippen LogP contribution in [0.25, 0.3) is 99.6 Å². The molecule has 0 N–H and O–H groups in total. The molecule has 268 valence electrons. The summed E-state index contributed by atoms with van der Waals surface area (Å²) in [4.78, 5) is 10.8. The zero-order valence-corrected chi connectivity index (χ0v) is 31.9. The van der Waals surface area contributed by atoms with Gasteiger partial charge in [-0.15, -0.1) is 0 Å². The lowest BCUT2D eigenvalue weighted by atomic mass is 9.78. The van der Waals surface area contributed by atoms with Gasteiger partial charge in [0.1, 0.15) is 0 Å². The molecule has 0 fully saturated rings. The summed E-state index contributed by atoms with van der Waals surface area (Å²) in [6.45, 7) is 4.76. The number of benzene rings is 9. The van der Waals surface area contributed by atoms with Crippen LogP contribution in [0.1, 0.15) is 25.0 Å². The molecule has 0 aliphatic heterocycles. The van der Waals surface area contributed by atoms with Crippen LogP contribution in [-0.4, -0.2) is 9.97 Å². The van der Waals surface area contributed by atoms with Gasteiger partial charge in [0.05, 0.1) is 11.4 Å². The Morgan fingerprint density at radius 2 is 0.877 bits per heavy atom. The molecule has 2 heteroatoms. The molecule has 0 bridgehead atoms. The minimum absolute atomic E-state index is 0.176. The number of nitrogens with zero attached hydrogens (tertiary/aromatic N) is 2. The van der Waals surface area contributed by atoms with Gasteiger partial charge < -0.3 is 0 Å². The lowest BCUT2D eigenvalue weighted by Gasteiger charge is -2.25. The Morgan fingerprint density at radius 3 is 1.68 bits per heavy atom. The highest BCUT2D eigenvalue weighted by molar-refractivity contribution is 6.09. The lowest BCUT2D eigenvalue weighted by Crippen LogP contribution is -2.16. The van der Waals surface area contributed by atoms with Crippen molar-refractivity contribution in [2.45, 2.75) is 19.3 Å². The summed E-state index contributed by atoms with van der Waals surface area (Å²) in [7, 11) is 0. The van der Waals surface area contributed by atoms with Crippen molar-refractivity contribution in [3.05, 3.63) is 205 Å². The van der Waals surface area contributed by atoms with Crippen LogP contribution in [0.15, 0.2) is 194 Å². The van der Waals surface area contributed by atoms with Crippen molar-refractivity contribution in [2.75, 3.05) is 0 Å². The summed E-state index contributed by atoms with van der Waals surface area (Å²) >= 11 is 0. The monoisotopic (exact) mass is 726 g/mol. The molecule has 0 amide bonds. The van der Waals surface area contributed by atoms with Crippen molar-refractivity contribution in [3.8, 4) is 67.3 Å².